The molecular formula is C31H33F6N3O2. The largest absolute Gasteiger partial charge is 0.416 e. The number of halogens is 6. The van der Waals surface area contributed by atoms with E-state index in [1.807, 2.05) is 42.1 Å². The molecule has 2 aromatic carbocycles. The van der Waals surface area contributed by atoms with Crippen molar-refractivity contribution in [1.82, 2.24) is 14.8 Å². The van der Waals surface area contributed by atoms with Crippen LogP contribution in [0.2, 0.25) is 0 Å². The maximum Gasteiger partial charge on any atom is 0.416 e. The van der Waals surface area contributed by atoms with E-state index in [-0.39, 0.29) is 24.4 Å². The van der Waals surface area contributed by atoms with E-state index in [2.05, 4.69) is 5.32 Å². The van der Waals surface area contributed by atoms with Crippen LogP contribution in [-0.4, -0.2) is 40.4 Å². The van der Waals surface area contributed by atoms with Gasteiger partial charge < -0.3 is 14.8 Å². The molecule has 0 saturated heterocycles. The first kappa shape index (κ1) is 31.2. The van der Waals surface area contributed by atoms with E-state index in [1.54, 1.807) is 13.0 Å². The number of likely N-dealkylation sites (N-methyl/N-ethyl adjacent to an activating group) is 1. The number of aromatic nitrogens is 1. The number of amides is 2. The lowest BCUT2D eigenvalue weighted by atomic mass is 9.95. The van der Waals surface area contributed by atoms with Crippen LogP contribution in [0.4, 0.5) is 26.3 Å². The molecule has 2 amide bonds. The summed E-state index contributed by atoms with van der Waals surface area (Å²) in [7, 11) is 3.16. The zero-order valence-electron chi connectivity index (χ0n) is 23.6. The lowest BCUT2D eigenvalue weighted by molar-refractivity contribution is -0.143. The Morgan fingerprint density at radius 3 is 2.19 bits per heavy atom. The smallest absolute Gasteiger partial charge is 0.350 e. The lowest BCUT2D eigenvalue weighted by Crippen LogP contribution is -2.40. The van der Waals surface area contributed by atoms with Gasteiger partial charge in [-0.15, -0.1) is 0 Å². The molecule has 1 aromatic heterocycles. The van der Waals surface area contributed by atoms with Crippen LogP contribution >= 0.6 is 0 Å². The minimum atomic E-state index is -5.09. The minimum absolute atomic E-state index is 0.00990. The first-order valence-electron chi connectivity index (χ1n) is 13.7. The van der Waals surface area contributed by atoms with Gasteiger partial charge in [-0.2, -0.15) is 26.3 Å². The second-order valence-electron chi connectivity index (χ2n) is 10.9. The topological polar surface area (TPSA) is 54.3 Å². The van der Waals surface area contributed by atoms with Crippen LogP contribution in [0.25, 0.3) is 10.9 Å². The number of carbonyl (C=O) groups excluding carboxylic acids is 2. The number of nitrogens with zero attached hydrogens (tertiary/aromatic N) is 2. The monoisotopic (exact) mass is 593 g/mol. The van der Waals surface area contributed by atoms with Gasteiger partial charge in [0.1, 0.15) is 0 Å². The molecule has 0 spiro atoms. The minimum Gasteiger partial charge on any atom is -0.350 e. The lowest BCUT2D eigenvalue weighted by Gasteiger charge is -2.28. The molecule has 3 aromatic rings. The number of hydrogen-bond acceptors (Lipinski definition) is 2. The van der Waals surface area contributed by atoms with Gasteiger partial charge in [0, 0.05) is 48.4 Å². The molecule has 5 nitrogen and oxygen atoms in total. The summed E-state index contributed by atoms with van der Waals surface area (Å²) in [5, 5.41) is 3.88. The van der Waals surface area contributed by atoms with Gasteiger partial charge in [0.15, 0.2) is 0 Å². The molecule has 1 aliphatic rings. The standard InChI is InChI=1S/C31H33F6N3O2/c1-19(28(41)38-24-9-5-4-6-10-24)13-25(16-21-18-39(2)27-12-8-7-11-26(21)27)40(3)29(42)20-14-22(30(32,33)34)17-23(15-20)31(35,36)37/h7-8,11-15,17-18,24-25H,4-6,9-10,16H2,1-3H3,(H,38,41)/b19-13+/t25-/m0/s1. The average molecular weight is 594 g/mol. The number of carbonyl (C=O) groups is 2. The predicted octanol–water partition coefficient (Wildman–Crippen LogP) is 7.29. The van der Waals surface area contributed by atoms with Gasteiger partial charge in [-0.1, -0.05) is 43.5 Å². The molecule has 1 atom stereocenters. The van der Waals surface area contributed by atoms with Crippen molar-refractivity contribution in [2.75, 3.05) is 7.05 Å². The Balaban J connectivity index is 1.72. The molecule has 1 N–H and O–H groups in total. The normalized spacial score (nSPS) is 16.0. The number of nitrogens with one attached hydrogen (secondary N) is 1. The number of hydrogen-bond donors (Lipinski definition) is 1. The molecule has 1 saturated carbocycles. The zero-order chi connectivity index (χ0) is 30.8. The van der Waals surface area contributed by atoms with Gasteiger partial charge >= 0.3 is 12.4 Å². The maximum atomic E-state index is 13.5. The number of fused-ring (bicyclic) bond motifs is 1. The van der Waals surface area contributed by atoms with E-state index in [1.165, 1.54) is 7.05 Å². The predicted molar refractivity (Wildman–Crippen MR) is 148 cm³/mol. The van der Waals surface area contributed by atoms with E-state index in [9.17, 15) is 35.9 Å². The molecule has 42 heavy (non-hydrogen) atoms. The third kappa shape index (κ3) is 7.17. The summed E-state index contributed by atoms with van der Waals surface area (Å²) >= 11 is 0. The van der Waals surface area contributed by atoms with Gasteiger partial charge in [0.2, 0.25) is 5.91 Å². The molecule has 1 aliphatic carbocycles. The molecule has 226 valence electrons. The fourth-order valence-electron chi connectivity index (χ4n) is 5.46. The SMILES string of the molecule is C/C(=C\[C@@H](Cc1cn(C)c2ccccc12)N(C)C(=O)c1cc(C(F)(F)F)cc(C(F)(F)F)c1)C(=O)NC1CCCCC1. The molecule has 0 unspecified atom stereocenters. The van der Waals surface area contributed by atoms with Gasteiger partial charge in [0.25, 0.3) is 5.91 Å². The Morgan fingerprint density at radius 2 is 1.60 bits per heavy atom. The van der Waals surface area contributed by atoms with E-state index < -0.39 is 41.0 Å². The summed E-state index contributed by atoms with van der Waals surface area (Å²) in [6.45, 7) is 1.58. The highest BCUT2D eigenvalue weighted by Gasteiger charge is 2.38. The molecule has 1 heterocycles. The highest BCUT2D eigenvalue weighted by Crippen LogP contribution is 2.37. The van der Waals surface area contributed by atoms with Crippen molar-refractivity contribution in [1.29, 1.82) is 0 Å². The Bertz CT molecular complexity index is 1450. The summed E-state index contributed by atoms with van der Waals surface area (Å²) in [6.07, 6.45) is -1.78. The zero-order valence-corrected chi connectivity index (χ0v) is 23.6. The fourth-order valence-corrected chi connectivity index (χ4v) is 5.46. The Hall–Kier alpha value is -3.76. The first-order valence-corrected chi connectivity index (χ1v) is 13.7. The maximum absolute atomic E-state index is 13.5. The summed E-state index contributed by atoms with van der Waals surface area (Å²) in [5.41, 5.74) is -1.89. The molecule has 1 fully saturated rings. The van der Waals surface area contributed by atoms with Gasteiger partial charge in [0.05, 0.1) is 17.2 Å². The van der Waals surface area contributed by atoms with Crippen molar-refractivity contribution >= 4 is 22.7 Å². The van der Waals surface area contributed by atoms with Crippen molar-refractivity contribution in [3.05, 3.63) is 82.6 Å². The summed E-state index contributed by atoms with van der Waals surface area (Å²) < 4.78 is 82.9. The van der Waals surface area contributed by atoms with E-state index in [0.717, 1.165) is 53.5 Å². The number of rotatable bonds is 7. The molecular weight excluding hydrogens is 560 g/mol. The van der Waals surface area contributed by atoms with E-state index in [4.69, 9.17) is 0 Å². The number of alkyl halides is 6. The van der Waals surface area contributed by atoms with Crippen LogP contribution in [0.3, 0.4) is 0 Å². The van der Waals surface area contributed by atoms with Crippen LogP contribution in [0.5, 0.6) is 0 Å². The highest BCUT2D eigenvalue weighted by atomic mass is 19.4. The summed E-state index contributed by atoms with van der Waals surface area (Å²) in [6, 6.07) is 7.51. The molecule has 0 radical (unpaired) electrons. The van der Waals surface area contributed by atoms with Crippen LogP contribution in [0.15, 0.2) is 60.3 Å². The summed E-state index contributed by atoms with van der Waals surface area (Å²) in [5.74, 6) is -1.36. The Kier molecular flexibility index (Phi) is 9.08. The molecule has 0 aliphatic heterocycles. The van der Waals surface area contributed by atoms with E-state index >= 15 is 0 Å². The second-order valence-corrected chi connectivity index (χ2v) is 10.9. The number of para-hydroxylation sites is 1. The van der Waals surface area contributed by atoms with Crippen LogP contribution in [0, 0.1) is 0 Å². The first-order chi connectivity index (χ1) is 19.6. The fraction of sp³-hybridized carbons (Fsp3) is 0.419. The van der Waals surface area contributed by atoms with Crippen molar-refractivity contribution in [2.24, 2.45) is 7.05 Å². The third-order valence-electron chi connectivity index (χ3n) is 7.80. The van der Waals surface area contributed by atoms with Crippen molar-refractivity contribution < 1.29 is 35.9 Å². The van der Waals surface area contributed by atoms with E-state index in [0.29, 0.717) is 17.7 Å². The van der Waals surface area contributed by atoms with Gasteiger partial charge in [-0.05, 0) is 56.0 Å². The average Bonchev–Trinajstić information content (AvgIpc) is 3.26. The number of benzene rings is 2. The second kappa shape index (κ2) is 12.2. The quantitative estimate of drug-likeness (QED) is 0.231. The Morgan fingerprint density at radius 1 is 1.00 bits per heavy atom. The molecule has 11 heteroatoms. The third-order valence-corrected chi connectivity index (χ3v) is 7.80. The van der Waals surface area contributed by atoms with Gasteiger partial charge in [-0.25, -0.2) is 0 Å². The molecule has 4 rings (SSSR count). The summed E-state index contributed by atoms with van der Waals surface area (Å²) in [4.78, 5) is 27.7. The molecule has 0 bridgehead atoms. The van der Waals surface area contributed by atoms with Crippen molar-refractivity contribution in [3.8, 4) is 0 Å². The number of aryl methyl sites for hydroxylation is 1. The van der Waals surface area contributed by atoms with Crippen molar-refractivity contribution in [3.63, 3.8) is 0 Å². The van der Waals surface area contributed by atoms with Crippen molar-refractivity contribution in [2.45, 2.75) is 69.9 Å². The van der Waals surface area contributed by atoms with Crippen LogP contribution < -0.4 is 5.32 Å². The van der Waals surface area contributed by atoms with Crippen LogP contribution in [-0.2, 0) is 30.6 Å². The van der Waals surface area contributed by atoms with Crippen LogP contribution in [0.1, 0.15) is 66.1 Å². The highest BCUT2D eigenvalue weighted by molar-refractivity contribution is 5.96. The van der Waals surface area contributed by atoms with Gasteiger partial charge in [-0.3, -0.25) is 9.59 Å². The Labute approximate surface area is 240 Å².